The highest BCUT2D eigenvalue weighted by Crippen LogP contribution is 2.16. The molecule has 0 saturated heterocycles. The lowest BCUT2D eigenvalue weighted by molar-refractivity contribution is 0.301. The molecule has 0 spiro atoms. The van der Waals surface area contributed by atoms with E-state index in [1.165, 1.54) is 12.0 Å². The molecule has 0 bridgehead atoms. The van der Waals surface area contributed by atoms with E-state index in [0.29, 0.717) is 12.6 Å². The molecule has 1 aromatic carbocycles. The van der Waals surface area contributed by atoms with Crippen molar-refractivity contribution in [2.24, 2.45) is 5.92 Å². The normalized spacial score (nSPS) is 11.3. The minimum absolute atomic E-state index is 0.325. The maximum atomic E-state index is 5.75. The molecule has 114 valence electrons. The van der Waals surface area contributed by atoms with E-state index in [4.69, 9.17) is 4.74 Å². The molecule has 2 aromatic rings. The molecule has 0 radical (unpaired) electrons. The van der Waals surface area contributed by atoms with Gasteiger partial charge in [-0.05, 0) is 50.3 Å². The number of benzene rings is 1. The average molecular weight is 287 g/mol. The lowest BCUT2D eigenvalue weighted by Gasteiger charge is -2.07. The lowest BCUT2D eigenvalue weighted by Crippen LogP contribution is -2.00. The topological polar surface area (TPSA) is 39.9 Å². The van der Waals surface area contributed by atoms with Gasteiger partial charge < -0.3 is 4.74 Å². The van der Waals surface area contributed by atoms with Crippen LogP contribution in [0.1, 0.15) is 51.4 Å². The van der Waals surface area contributed by atoms with Crippen LogP contribution in [0.2, 0.25) is 0 Å². The first-order chi connectivity index (χ1) is 10.0. The van der Waals surface area contributed by atoms with Gasteiger partial charge in [-0.1, -0.05) is 31.2 Å². The van der Waals surface area contributed by atoms with Crippen LogP contribution in [-0.2, 0) is 13.0 Å². The number of ether oxygens (including phenoxy) is 1. The predicted octanol–water partition coefficient (Wildman–Crippen LogP) is 4.03. The van der Waals surface area contributed by atoms with Crippen LogP contribution in [0.15, 0.2) is 30.5 Å². The molecule has 0 N–H and O–H groups in total. The van der Waals surface area contributed by atoms with Crippen LogP contribution in [0.4, 0.5) is 0 Å². The molecule has 0 amide bonds. The Morgan fingerprint density at radius 3 is 2.38 bits per heavy atom. The number of aromatic nitrogens is 3. The number of rotatable bonds is 7. The summed E-state index contributed by atoms with van der Waals surface area (Å²) in [6.07, 6.45) is 4.28. The highest BCUT2D eigenvalue weighted by atomic mass is 16.5. The van der Waals surface area contributed by atoms with Crippen LogP contribution >= 0.6 is 0 Å². The van der Waals surface area contributed by atoms with E-state index in [-0.39, 0.29) is 0 Å². The summed E-state index contributed by atoms with van der Waals surface area (Å²) in [5.74, 6) is 1.62. The van der Waals surface area contributed by atoms with Gasteiger partial charge in [-0.15, -0.1) is 5.10 Å². The molecule has 0 fully saturated rings. The Morgan fingerprint density at radius 2 is 1.81 bits per heavy atom. The second-order valence-electron chi connectivity index (χ2n) is 6.15. The zero-order valence-electron chi connectivity index (χ0n) is 13.4. The smallest absolute Gasteiger partial charge is 0.134 e. The molecule has 0 saturated carbocycles. The first-order valence-corrected chi connectivity index (χ1v) is 7.67. The monoisotopic (exact) mass is 287 g/mol. The summed E-state index contributed by atoms with van der Waals surface area (Å²) in [6.45, 7) is 9.12. The maximum absolute atomic E-state index is 5.75. The Hall–Kier alpha value is -1.84. The van der Waals surface area contributed by atoms with Crippen LogP contribution < -0.4 is 4.74 Å². The van der Waals surface area contributed by atoms with E-state index in [9.17, 15) is 0 Å². The van der Waals surface area contributed by atoms with Gasteiger partial charge in [0.1, 0.15) is 18.1 Å². The van der Waals surface area contributed by atoms with Gasteiger partial charge in [0.15, 0.2) is 0 Å². The molecular formula is C17H25N3O. The average Bonchev–Trinajstić information content (AvgIpc) is 2.93. The van der Waals surface area contributed by atoms with Crippen molar-refractivity contribution >= 4 is 0 Å². The number of hydrogen-bond acceptors (Lipinski definition) is 3. The van der Waals surface area contributed by atoms with Crippen molar-refractivity contribution in [2.75, 3.05) is 0 Å². The van der Waals surface area contributed by atoms with E-state index in [1.807, 2.05) is 23.0 Å². The number of hydrogen-bond donors (Lipinski definition) is 0. The zero-order chi connectivity index (χ0) is 15.2. The van der Waals surface area contributed by atoms with Crippen LogP contribution in [-0.4, -0.2) is 15.0 Å². The summed E-state index contributed by atoms with van der Waals surface area (Å²) in [4.78, 5) is 0. The SMILES string of the molecule is CC(C)CCc1ccc(OCc2cn(C(C)C)nn2)cc1. The third-order valence-corrected chi connectivity index (χ3v) is 3.41. The highest BCUT2D eigenvalue weighted by molar-refractivity contribution is 5.27. The highest BCUT2D eigenvalue weighted by Gasteiger charge is 2.04. The lowest BCUT2D eigenvalue weighted by atomic mass is 10.0. The van der Waals surface area contributed by atoms with Gasteiger partial charge in [0.2, 0.25) is 0 Å². The van der Waals surface area contributed by atoms with Crippen molar-refractivity contribution in [1.82, 2.24) is 15.0 Å². The Bertz CT molecular complexity index is 543. The van der Waals surface area contributed by atoms with Crippen molar-refractivity contribution in [3.8, 4) is 5.75 Å². The molecular weight excluding hydrogens is 262 g/mol. The second kappa shape index (κ2) is 7.25. The summed E-state index contributed by atoms with van der Waals surface area (Å²) in [7, 11) is 0. The van der Waals surface area contributed by atoms with Crippen LogP contribution in [0, 0.1) is 5.92 Å². The molecule has 0 unspecified atom stereocenters. The van der Waals surface area contributed by atoms with E-state index in [0.717, 1.165) is 23.8 Å². The van der Waals surface area contributed by atoms with Gasteiger partial charge in [-0.2, -0.15) is 0 Å². The van der Waals surface area contributed by atoms with Gasteiger partial charge >= 0.3 is 0 Å². The molecule has 0 aliphatic rings. The van der Waals surface area contributed by atoms with E-state index >= 15 is 0 Å². The molecule has 0 aliphatic heterocycles. The molecule has 1 aromatic heterocycles. The predicted molar refractivity (Wildman–Crippen MR) is 84.3 cm³/mol. The van der Waals surface area contributed by atoms with Crippen LogP contribution in [0.25, 0.3) is 0 Å². The summed E-state index contributed by atoms with van der Waals surface area (Å²) in [5, 5.41) is 8.18. The summed E-state index contributed by atoms with van der Waals surface area (Å²) < 4.78 is 7.59. The summed E-state index contributed by atoms with van der Waals surface area (Å²) in [6, 6.07) is 8.67. The number of nitrogens with zero attached hydrogens (tertiary/aromatic N) is 3. The van der Waals surface area contributed by atoms with Crippen LogP contribution in [0.3, 0.4) is 0 Å². The number of aryl methyl sites for hydroxylation is 1. The zero-order valence-corrected chi connectivity index (χ0v) is 13.4. The van der Waals surface area contributed by atoms with E-state index < -0.39 is 0 Å². The summed E-state index contributed by atoms with van der Waals surface area (Å²) in [5.41, 5.74) is 2.22. The molecule has 4 heteroatoms. The molecule has 0 atom stereocenters. The molecule has 2 rings (SSSR count). The van der Waals surface area contributed by atoms with Gasteiger partial charge in [0.25, 0.3) is 0 Å². The van der Waals surface area contributed by atoms with Crippen molar-refractivity contribution in [3.63, 3.8) is 0 Å². The standard InChI is InChI=1S/C17H25N3O/c1-13(2)5-6-15-7-9-17(10-8-15)21-12-16-11-20(14(3)4)19-18-16/h7-11,13-14H,5-6,12H2,1-4H3. The minimum atomic E-state index is 0.325. The van der Waals surface area contributed by atoms with Gasteiger partial charge in [0.05, 0.1) is 6.20 Å². The van der Waals surface area contributed by atoms with Crippen molar-refractivity contribution < 1.29 is 4.74 Å². The Morgan fingerprint density at radius 1 is 1.10 bits per heavy atom. The van der Waals surface area contributed by atoms with Gasteiger partial charge in [-0.25, -0.2) is 4.68 Å². The Kier molecular flexibility index (Phi) is 5.37. The molecule has 1 heterocycles. The maximum Gasteiger partial charge on any atom is 0.134 e. The minimum Gasteiger partial charge on any atom is -0.487 e. The fourth-order valence-corrected chi connectivity index (χ4v) is 2.00. The quantitative estimate of drug-likeness (QED) is 0.772. The third kappa shape index (κ3) is 4.88. The molecule has 4 nitrogen and oxygen atoms in total. The second-order valence-corrected chi connectivity index (χ2v) is 6.15. The molecule has 0 aliphatic carbocycles. The molecule has 21 heavy (non-hydrogen) atoms. The van der Waals surface area contributed by atoms with Crippen molar-refractivity contribution in [1.29, 1.82) is 0 Å². The Balaban J connectivity index is 1.85. The fraction of sp³-hybridized carbons (Fsp3) is 0.529. The van der Waals surface area contributed by atoms with E-state index in [2.05, 4.69) is 50.1 Å². The van der Waals surface area contributed by atoms with Crippen molar-refractivity contribution in [2.45, 2.75) is 53.2 Å². The van der Waals surface area contributed by atoms with Gasteiger partial charge in [0, 0.05) is 6.04 Å². The van der Waals surface area contributed by atoms with Crippen molar-refractivity contribution in [3.05, 3.63) is 41.7 Å². The fourth-order valence-electron chi connectivity index (χ4n) is 2.00. The largest absolute Gasteiger partial charge is 0.487 e. The van der Waals surface area contributed by atoms with E-state index in [1.54, 1.807) is 0 Å². The third-order valence-electron chi connectivity index (χ3n) is 3.41. The summed E-state index contributed by atoms with van der Waals surface area (Å²) >= 11 is 0. The van der Waals surface area contributed by atoms with Crippen LogP contribution in [0.5, 0.6) is 5.75 Å². The Labute approximate surface area is 127 Å². The first-order valence-electron chi connectivity index (χ1n) is 7.67. The van der Waals surface area contributed by atoms with Gasteiger partial charge in [-0.3, -0.25) is 0 Å². The first kappa shape index (κ1) is 15.5.